The van der Waals surface area contributed by atoms with Crippen LogP contribution in [-0.4, -0.2) is 11.1 Å². The molecule has 0 amide bonds. The van der Waals surface area contributed by atoms with Crippen molar-refractivity contribution in [3.8, 4) is 0 Å². The summed E-state index contributed by atoms with van der Waals surface area (Å²) in [5, 5.41) is 3.59. The van der Waals surface area contributed by atoms with Crippen LogP contribution in [0, 0.1) is 5.92 Å². The Labute approximate surface area is 70.6 Å². The molecule has 0 unspecified atom stereocenters. The van der Waals surface area contributed by atoms with E-state index in [1.54, 1.807) is 0 Å². The van der Waals surface area contributed by atoms with Crippen molar-refractivity contribution < 1.29 is 0 Å². The first-order chi connectivity index (χ1) is 4.90. The maximum absolute atomic E-state index is 3.59. The van der Waals surface area contributed by atoms with Gasteiger partial charge in [0.05, 0.1) is 0 Å². The molecule has 0 bridgehead atoms. The van der Waals surface area contributed by atoms with E-state index in [0.717, 1.165) is 5.92 Å². The van der Waals surface area contributed by atoms with Crippen molar-refractivity contribution in [1.82, 2.24) is 5.32 Å². The first-order valence-corrected chi connectivity index (χ1v) is 4.69. The molecule has 0 aromatic carbocycles. The quantitative estimate of drug-likeness (QED) is 0.646. The van der Waals surface area contributed by atoms with Crippen molar-refractivity contribution >= 4 is 0 Å². The standard InChI is InChI=1S/C10H21N/c1-6-7-8-9(2,3)11-10(8,4)5/h8,11H,6-7H2,1-5H3. The van der Waals surface area contributed by atoms with Gasteiger partial charge in [0.25, 0.3) is 0 Å². The van der Waals surface area contributed by atoms with Crippen LogP contribution in [0.4, 0.5) is 0 Å². The van der Waals surface area contributed by atoms with Gasteiger partial charge in [-0.15, -0.1) is 0 Å². The zero-order valence-electron chi connectivity index (χ0n) is 8.49. The summed E-state index contributed by atoms with van der Waals surface area (Å²) in [4.78, 5) is 0. The molecule has 1 rings (SSSR count). The summed E-state index contributed by atoms with van der Waals surface area (Å²) in [5.74, 6) is 0.847. The summed E-state index contributed by atoms with van der Waals surface area (Å²) < 4.78 is 0. The summed E-state index contributed by atoms with van der Waals surface area (Å²) >= 11 is 0. The number of hydrogen-bond acceptors (Lipinski definition) is 1. The third-order valence-electron chi connectivity index (χ3n) is 2.96. The Balaban J connectivity index is 2.57. The lowest BCUT2D eigenvalue weighted by Gasteiger charge is -2.59. The Morgan fingerprint density at radius 2 is 1.55 bits per heavy atom. The van der Waals surface area contributed by atoms with Crippen LogP contribution in [0.3, 0.4) is 0 Å². The molecule has 0 saturated carbocycles. The fraction of sp³-hybridized carbons (Fsp3) is 1.00. The fourth-order valence-electron chi connectivity index (χ4n) is 2.84. The molecule has 11 heavy (non-hydrogen) atoms. The van der Waals surface area contributed by atoms with Crippen LogP contribution in [-0.2, 0) is 0 Å². The smallest absolute Gasteiger partial charge is 0.0175 e. The van der Waals surface area contributed by atoms with Gasteiger partial charge in [-0.05, 0) is 40.0 Å². The lowest BCUT2D eigenvalue weighted by atomic mass is 9.63. The van der Waals surface area contributed by atoms with Gasteiger partial charge < -0.3 is 5.32 Å². The first kappa shape index (κ1) is 9.05. The van der Waals surface area contributed by atoms with Gasteiger partial charge in [0, 0.05) is 11.1 Å². The van der Waals surface area contributed by atoms with Crippen molar-refractivity contribution in [3.05, 3.63) is 0 Å². The van der Waals surface area contributed by atoms with Crippen LogP contribution in [0.15, 0.2) is 0 Å². The van der Waals surface area contributed by atoms with E-state index >= 15 is 0 Å². The first-order valence-electron chi connectivity index (χ1n) is 4.69. The third kappa shape index (κ3) is 1.44. The lowest BCUT2D eigenvalue weighted by molar-refractivity contribution is -0.00619. The van der Waals surface area contributed by atoms with Gasteiger partial charge in [0.2, 0.25) is 0 Å². The van der Waals surface area contributed by atoms with Crippen molar-refractivity contribution in [2.24, 2.45) is 5.92 Å². The van der Waals surface area contributed by atoms with E-state index in [-0.39, 0.29) is 0 Å². The molecule has 1 fully saturated rings. The maximum Gasteiger partial charge on any atom is 0.0175 e. The maximum atomic E-state index is 3.59. The molecule has 0 spiro atoms. The summed E-state index contributed by atoms with van der Waals surface area (Å²) in [6.07, 6.45) is 2.66. The van der Waals surface area contributed by atoms with Gasteiger partial charge in [0.15, 0.2) is 0 Å². The normalized spacial score (nSPS) is 28.1. The second-order valence-corrected chi connectivity index (χ2v) is 4.91. The molecule has 66 valence electrons. The molecule has 0 aromatic rings. The van der Waals surface area contributed by atoms with Gasteiger partial charge >= 0.3 is 0 Å². The average molecular weight is 155 g/mol. The second kappa shape index (κ2) is 2.48. The van der Waals surface area contributed by atoms with E-state index in [1.165, 1.54) is 12.8 Å². The van der Waals surface area contributed by atoms with Gasteiger partial charge in [-0.25, -0.2) is 0 Å². The highest BCUT2D eigenvalue weighted by molar-refractivity contribution is 5.10. The van der Waals surface area contributed by atoms with Crippen molar-refractivity contribution in [1.29, 1.82) is 0 Å². The third-order valence-corrected chi connectivity index (χ3v) is 2.96. The van der Waals surface area contributed by atoms with Gasteiger partial charge in [0.1, 0.15) is 0 Å². The SMILES string of the molecule is CCCC1C(C)(C)NC1(C)C. The molecule has 1 heterocycles. The fourth-order valence-corrected chi connectivity index (χ4v) is 2.84. The van der Waals surface area contributed by atoms with Crippen LogP contribution >= 0.6 is 0 Å². The van der Waals surface area contributed by atoms with E-state index < -0.39 is 0 Å². The number of rotatable bonds is 2. The number of nitrogens with one attached hydrogen (secondary N) is 1. The van der Waals surface area contributed by atoms with E-state index in [9.17, 15) is 0 Å². The van der Waals surface area contributed by atoms with Crippen molar-refractivity contribution in [2.45, 2.75) is 58.5 Å². The van der Waals surface area contributed by atoms with Crippen LogP contribution in [0.5, 0.6) is 0 Å². The molecule has 0 aromatic heterocycles. The Bertz CT molecular complexity index is 133. The molecular formula is C10H21N. The highest BCUT2D eigenvalue weighted by atomic mass is 15.1. The van der Waals surface area contributed by atoms with E-state index in [1.807, 2.05) is 0 Å². The molecular weight excluding hydrogens is 134 g/mol. The topological polar surface area (TPSA) is 12.0 Å². The molecule has 0 radical (unpaired) electrons. The molecule has 1 nitrogen and oxygen atoms in total. The molecule has 0 aliphatic carbocycles. The van der Waals surface area contributed by atoms with Crippen LogP contribution < -0.4 is 5.32 Å². The molecule has 1 N–H and O–H groups in total. The molecule has 1 aliphatic rings. The summed E-state index contributed by atoms with van der Waals surface area (Å²) in [6.45, 7) is 11.5. The van der Waals surface area contributed by atoms with Crippen LogP contribution in [0.1, 0.15) is 47.5 Å². The van der Waals surface area contributed by atoms with Gasteiger partial charge in [-0.1, -0.05) is 13.3 Å². The highest BCUT2D eigenvalue weighted by Gasteiger charge is 2.51. The lowest BCUT2D eigenvalue weighted by Crippen LogP contribution is -2.74. The molecule has 1 aliphatic heterocycles. The molecule has 1 heteroatoms. The van der Waals surface area contributed by atoms with Crippen LogP contribution in [0.2, 0.25) is 0 Å². The largest absolute Gasteiger partial charge is 0.306 e. The zero-order valence-corrected chi connectivity index (χ0v) is 8.49. The summed E-state index contributed by atoms with van der Waals surface area (Å²) in [6, 6.07) is 0. The summed E-state index contributed by atoms with van der Waals surface area (Å²) in [5.41, 5.74) is 0.749. The van der Waals surface area contributed by atoms with Crippen LogP contribution in [0.25, 0.3) is 0 Å². The van der Waals surface area contributed by atoms with Gasteiger partial charge in [-0.2, -0.15) is 0 Å². The minimum absolute atomic E-state index is 0.375. The monoisotopic (exact) mass is 155 g/mol. The highest BCUT2D eigenvalue weighted by Crippen LogP contribution is 2.42. The predicted molar refractivity (Wildman–Crippen MR) is 49.7 cm³/mol. The number of hydrogen-bond donors (Lipinski definition) is 1. The average Bonchev–Trinajstić information content (AvgIpc) is 1.80. The van der Waals surface area contributed by atoms with Crippen molar-refractivity contribution in [3.63, 3.8) is 0 Å². The Morgan fingerprint density at radius 1 is 1.09 bits per heavy atom. The minimum Gasteiger partial charge on any atom is -0.306 e. The minimum atomic E-state index is 0.375. The van der Waals surface area contributed by atoms with E-state index in [0.29, 0.717) is 11.1 Å². The molecule has 0 atom stereocenters. The Hall–Kier alpha value is -0.0400. The van der Waals surface area contributed by atoms with Gasteiger partial charge in [-0.3, -0.25) is 0 Å². The summed E-state index contributed by atoms with van der Waals surface area (Å²) in [7, 11) is 0. The van der Waals surface area contributed by atoms with Crippen molar-refractivity contribution in [2.75, 3.05) is 0 Å². The Morgan fingerprint density at radius 3 is 1.73 bits per heavy atom. The van der Waals surface area contributed by atoms with E-state index in [2.05, 4.69) is 39.9 Å². The molecule has 1 saturated heterocycles. The Kier molecular flexibility index (Phi) is 2.04. The second-order valence-electron chi connectivity index (χ2n) is 4.91. The van der Waals surface area contributed by atoms with E-state index in [4.69, 9.17) is 0 Å². The zero-order chi connectivity index (χ0) is 8.70. The predicted octanol–water partition coefficient (Wildman–Crippen LogP) is 2.56.